The Bertz CT molecular complexity index is 1250. The number of hydrogen-bond acceptors (Lipinski definition) is 3. The molecule has 1 aliphatic carbocycles. The third-order valence-electron chi connectivity index (χ3n) is 5.60. The number of aryl methyl sites for hydroxylation is 1. The van der Waals surface area contributed by atoms with Crippen LogP contribution in [0.4, 0.5) is 13.2 Å². The van der Waals surface area contributed by atoms with Crippen LogP contribution in [0.5, 0.6) is 0 Å². The van der Waals surface area contributed by atoms with E-state index >= 15 is 0 Å². The largest absolute Gasteiger partial charge is 0.416 e. The molecule has 1 aromatic heterocycles. The summed E-state index contributed by atoms with van der Waals surface area (Å²) >= 11 is 0. The average Bonchev–Trinajstić information content (AvgIpc) is 3.31. The molecule has 0 fully saturated rings. The van der Waals surface area contributed by atoms with Gasteiger partial charge in [-0.2, -0.15) is 18.3 Å². The Morgan fingerprint density at radius 1 is 1.00 bits per heavy atom. The SMILES string of the molecule is Cc1nn(-c2ccc(C(F)(F)F)cc2)c(C)c1[C@H]1C=C[C@@H](NS(=O)(=O)c2ccccc2)C1. The number of allylic oxidation sites excluding steroid dienone is 1. The van der Waals surface area contributed by atoms with Crippen molar-refractivity contribution in [1.82, 2.24) is 14.5 Å². The lowest BCUT2D eigenvalue weighted by atomic mass is 9.96. The Kier molecular flexibility index (Phi) is 5.72. The first-order valence-corrected chi connectivity index (χ1v) is 11.5. The van der Waals surface area contributed by atoms with Crippen molar-refractivity contribution in [3.8, 4) is 5.69 Å². The molecule has 0 saturated heterocycles. The van der Waals surface area contributed by atoms with Gasteiger partial charge in [-0.3, -0.25) is 0 Å². The van der Waals surface area contributed by atoms with Crippen LogP contribution in [-0.4, -0.2) is 24.2 Å². The molecule has 0 saturated carbocycles. The van der Waals surface area contributed by atoms with E-state index in [0.29, 0.717) is 12.1 Å². The van der Waals surface area contributed by atoms with Crippen molar-refractivity contribution in [2.24, 2.45) is 0 Å². The predicted octanol–water partition coefficient (Wildman–Crippen LogP) is 4.90. The maximum Gasteiger partial charge on any atom is 0.416 e. The molecule has 168 valence electrons. The molecule has 0 aliphatic heterocycles. The van der Waals surface area contributed by atoms with Crippen molar-refractivity contribution in [1.29, 1.82) is 0 Å². The lowest BCUT2D eigenvalue weighted by molar-refractivity contribution is -0.137. The van der Waals surface area contributed by atoms with E-state index in [-0.39, 0.29) is 16.9 Å². The minimum atomic E-state index is -4.39. The zero-order valence-corrected chi connectivity index (χ0v) is 18.3. The van der Waals surface area contributed by atoms with Gasteiger partial charge in [0.15, 0.2) is 0 Å². The molecule has 0 spiro atoms. The Balaban J connectivity index is 1.53. The number of hydrogen-bond donors (Lipinski definition) is 1. The van der Waals surface area contributed by atoms with E-state index in [4.69, 9.17) is 0 Å². The molecule has 0 unspecified atom stereocenters. The normalized spacial score (nSPS) is 18.9. The van der Waals surface area contributed by atoms with Crippen LogP contribution in [0, 0.1) is 13.8 Å². The highest BCUT2D eigenvalue weighted by atomic mass is 32.2. The Morgan fingerprint density at radius 3 is 2.28 bits per heavy atom. The summed E-state index contributed by atoms with van der Waals surface area (Å²) < 4.78 is 68.1. The molecule has 4 rings (SSSR count). The highest BCUT2D eigenvalue weighted by Crippen LogP contribution is 2.35. The lowest BCUT2D eigenvalue weighted by Gasteiger charge is -2.15. The number of aromatic nitrogens is 2. The second kappa shape index (κ2) is 8.22. The van der Waals surface area contributed by atoms with Gasteiger partial charge in [-0.1, -0.05) is 30.4 Å². The van der Waals surface area contributed by atoms with Crippen LogP contribution in [0.15, 0.2) is 71.6 Å². The van der Waals surface area contributed by atoms with Crippen LogP contribution >= 0.6 is 0 Å². The fourth-order valence-corrected chi connectivity index (χ4v) is 5.33. The first-order chi connectivity index (χ1) is 15.1. The van der Waals surface area contributed by atoms with Crippen LogP contribution in [-0.2, 0) is 16.2 Å². The summed E-state index contributed by atoms with van der Waals surface area (Å²) in [5, 5.41) is 4.53. The van der Waals surface area contributed by atoms with Gasteiger partial charge in [0.1, 0.15) is 0 Å². The van der Waals surface area contributed by atoms with E-state index in [0.717, 1.165) is 29.1 Å². The summed E-state index contributed by atoms with van der Waals surface area (Å²) in [4.78, 5) is 0.208. The predicted molar refractivity (Wildman–Crippen MR) is 115 cm³/mol. The molecule has 0 amide bonds. The Morgan fingerprint density at radius 2 is 1.66 bits per heavy atom. The minimum absolute atomic E-state index is 0.0540. The second-order valence-corrected chi connectivity index (χ2v) is 9.52. The van der Waals surface area contributed by atoms with Gasteiger partial charge in [0, 0.05) is 23.2 Å². The standard InChI is InChI=1S/C23H22F3N3O2S/c1-15-22(16(2)29(27-15)20-12-9-18(10-13-20)23(24,25)26)17-8-11-19(14-17)28-32(30,31)21-6-4-3-5-7-21/h3-13,17,19,28H,14H2,1-2H3/t17-,19+/m0/s1. The van der Waals surface area contributed by atoms with E-state index in [1.54, 1.807) is 35.0 Å². The van der Waals surface area contributed by atoms with Crippen molar-refractivity contribution in [3.05, 3.63) is 89.3 Å². The van der Waals surface area contributed by atoms with E-state index in [1.165, 1.54) is 12.1 Å². The Hall–Kier alpha value is -2.91. The molecule has 1 N–H and O–H groups in total. The van der Waals surface area contributed by atoms with Gasteiger partial charge in [0.2, 0.25) is 10.0 Å². The van der Waals surface area contributed by atoms with E-state index < -0.39 is 21.8 Å². The number of rotatable bonds is 5. The quantitative estimate of drug-likeness (QED) is 0.550. The molecule has 0 bridgehead atoms. The van der Waals surface area contributed by atoms with Gasteiger partial charge >= 0.3 is 6.18 Å². The number of alkyl halides is 3. The van der Waals surface area contributed by atoms with Crippen LogP contribution in [0.3, 0.4) is 0 Å². The molecule has 5 nitrogen and oxygen atoms in total. The van der Waals surface area contributed by atoms with Crippen molar-refractivity contribution >= 4 is 10.0 Å². The number of sulfonamides is 1. The maximum absolute atomic E-state index is 12.9. The van der Waals surface area contributed by atoms with Gasteiger partial charge < -0.3 is 0 Å². The van der Waals surface area contributed by atoms with E-state index in [1.807, 2.05) is 26.0 Å². The van der Waals surface area contributed by atoms with Crippen LogP contribution in [0.25, 0.3) is 5.69 Å². The molecule has 32 heavy (non-hydrogen) atoms. The van der Waals surface area contributed by atoms with Gasteiger partial charge in [-0.25, -0.2) is 17.8 Å². The highest BCUT2D eigenvalue weighted by molar-refractivity contribution is 7.89. The molecule has 1 heterocycles. The van der Waals surface area contributed by atoms with E-state index in [2.05, 4.69) is 9.82 Å². The van der Waals surface area contributed by atoms with E-state index in [9.17, 15) is 21.6 Å². The molecular formula is C23H22F3N3O2S. The summed E-state index contributed by atoms with van der Waals surface area (Å²) in [5.41, 5.74) is 2.33. The molecule has 3 aromatic rings. The third kappa shape index (κ3) is 4.35. The van der Waals surface area contributed by atoms with Crippen molar-refractivity contribution in [2.75, 3.05) is 0 Å². The van der Waals surface area contributed by atoms with Gasteiger partial charge in [-0.15, -0.1) is 0 Å². The number of nitrogens with zero attached hydrogens (tertiary/aromatic N) is 2. The summed E-state index contributed by atoms with van der Waals surface area (Å²) in [7, 11) is -3.64. The van der Waals surface area contributed by atoms with Gasteiger partial charge in [-0.05, 0) is 56.7 Å². The second-order valence-electron chi connectivity index (χ2n) is 7.81. The third-order valence-corrected chi connectivity index (χ3v) is 7.11. The van der Waals surface area contributed by atoms with Crippen molar-refractivity contribution in [2.45, 2.75) is 43.3 Å². The summed E-state index contributed by atoms with van der Waals surface area (Å²) in [6, 6.07) is 12.7. The van der Waals surface area contributed by atoms with Crippen LogP contribution in [0.2, 0.25) is 0 Å². The first-order valence-electron chi connectivity index (χ1n) is 10.1. The molecule has 1 aliphatic rings. The van der Waals surface area contributed by atoms with Gasteiger partial charge in [0.05, 0.1) is 21.8 Å². The minimum Gasteiger partial charge on any atom is -0.238 e. The smallest absolute Gasteiger partial charge is 0.238 e. The average molecular weight is 462 g/mol. The summed E-state index contributed by atoms with van der Waals surface area (Å²) in [6.07, 6.45) is -0.0757. The zero-order chi connectivity index (χ0) is 23.1. The maximum atomic E-state index is 12.9. The van der Waals surface area contributed by atoms with Gasteiger partial charge in [0.25, 0.3) is 0 Å². The molecular weight excluding hydrogens is 439 g/mol. The van der Waals surface area contributed by atoms with Crippen molar-refractivity contribution < 1.29 is 21.6 Å². The number of nitrogens with one attached hydrogen (secondary N) is 1. The molecule has 2 atom stereocenters. The monoisotopic (exact) mass is 461 g/mol. The molecule has 0 radical (unpaired) electrons. The highest BCUT2D eigenvalue weighted by Gasteiger charge is 2.31. The molecule has 9 heteroatoms. The zero-order valence-electron chi connectivity index (χ0n) is 17.5. The first kappa shape index (κ1) is 22.3. The summed E-state index contributed by atoms with van der Waals surface area (Å²) in [5.74, 6) is -0.0540. The fourth-order valence-electron chi connectivity index (χ4n) is 4.10. The lowest BCUT2D eigenvalue weighted by Crippen LogP contribution is -2.32. The topological polar surface area (TPSA) is 64.0 Å². The fraction of sp³-hybridized carbons (Fsp3) is 0.261. The number of halogens is 3. The Labute approximate surface area is 184 Å². The number of benzene rings is 2. The molecule has 2 aromatic carbocycles. The van der Waals surface area contributed by atoms with Crippen LogP contribution < -0.4 is 4.72 Å². The van der Waals surface area contributed by atoms with Crippen LogP contribution in [0.1, 0.15) is 34.9 Å². The van der Waals surface area contributed by atoms with Crippen molar-refractivity contribution in [3.63, 3.8) is 0 Å². The summed E-state index contributed by atoms with van der Waals surface area (Å²) in [6.45, 7) is 3.71.